The molecule has 2 aromatic carbocycles. The van der Waals surface area contributed by atoms with Crippen molar-refractivity contribution >= 4 is 40.6 Å². The van der Waals surface area contributed by atoms with Crippen LogP contribution in [0.25, 0.3) is 0 Å². The van der Waals surface area contributed by atoms with Gasteiger partial charge in [-0.05, 0) is 92.4 Å². The molecule has 1 aliphatic carbocycles. The fourth-order valence-corrected chi connectivity index (χ4v) is 4.42. The number of aryl methyl sites for hydroxylation is 2. The fourth-order valence-electron chi connectivity index (χ4n) is 3.98. The monoisotopic (exact) mass is 443 g/mol. The van der Waals surface area contributed by atoms with Crippen LogP contribution >= 0.6 is 23.8 Å². The molecule has 0 amide bonds. The molecule has 1 fully saturated rings. The summed E-state index contributed by atoms with van der Waals surface area (Å²) in [6.45, 7) is 5.57. The standard InChI is InChI=1S/C24H29ClN2O2S/c1-16-5-3-4-6-20(16)15-27(14-18-8-10-19(11-9-18)23(28)29)24(30)26-21-12-7-17(2)22(25)13-21/h3-7,12-13,18-19H,8-11,14-15H2,1-2H3,(H,26,30)(H,28,29)/p-1. The van der Waals surface area contributed by atoms with Crippen LogP contribution in [0.5, 0.6) is 0 Å². The topological polar surface area (TPSA) is 55.4 Å². The second-order valence-electron chi connectivity index (χ2n) is 8.24. The number of carboxylic acid groups (broad SMARTS) is 1. The fraction of sp³-hybridized carbons (Fsp3) is 0.417. The number of nitrogens with zero attached hydrogens (tertiary/aromatic N) is 1. The molecule has 4 nitrogen and oxygen atoms in total. The zero-order valence-corrected chi connectivity index (χ0v) is 19.1. The zero-order valence-electron chi connectivity index (χ0n) is 17.5. The minimum absolute atomic E-state index is 0.314. The van der Waals surface area contributed by atoms with Crippen molar-refractivity contribution in [1.29, 1.82) is 0 Å². The number of aliphatic carboxylic acids is 1. The molecular formula is C24H28ClN2O2S-. The summed E-state index contributed by atoms with van der Waals surface area (Å²) >= 11 is 12.0. The van der Waals surface area contributed by atoms with Crippen LogP contribution in [0.4, 0.5) is 5.69 Å². The number of rotatable bonds is 6. The smallest absolute Gasteiger partial charge is 0.173 e. The lowest BCUT2D eigenvalue weighted by Gasteiger charge is -2.34. The van der Waals surface area contributed by atoms with Gasteiger partial charge in [0.1, 0.15) is 0 Å². The molecule has 2 aromatic rings. The van der Waals surface area contributed by atoms with Crippen LogP contribution in [-0.2, 0) is 11.3 Å². The Balaban J connectivity index is 1.73. The zero-order chi connectivity index (χ0) is 21.7. The van der Waals surface area contributed by atoms with Gasteiger partial charge in [-0.15, -0.1) is 0 Å². The van der Waals surface area contributed by atoms with Crippen molar-refractivity contribution in [3.05, 3.63) is 64.2 Å². The predicted molar refractivity (Wildman–Crippen MR) is 124 cm³/mol. The summed E-state index contributed by atoms with van der Waals surface area (Å²) in [6, 6.07) is 14.2. The van der Waals surface area contributed by atoms with E-state index in [-0.39, 0.29) is 5.92 Å². The summed E-state index contributed by atoms with van der Waals surface area (Å²) in [5.41, 5.74) is 4.34. The third-order valence-electron chi connectivity index (χ3n) is 5.99. The SMILES string of the molecule is Cc1ccc(NC(=S)N(Cc2ccccc2C)CC2CCC(C(=O)[O-])CC2)cc1Cl. The number of benzene rings is 2. The number of thiocarbonyl (C=S) groups is 1. The van der Waals surface area contributed by atoms with Crippen molar-refractivity contribution in [3.63, 3.8) is 0 Å². The van der Waals surface area contributed by atoms with Gasteiger partial charge in [-0.2, -0.15) is 0 Å². The Bertz CT molecular complexity index is 910. The first-order chi connectivity index (χ1) is 14.3. The highest BCUT2D eigenvalue weighted by Gasteiger charge is 2.25. The van der Waals surface area contributed by atoms with E-state index >= 15 is 0 Å². The number of carbonyl (C=O) groups is 1. The molecule has 0 aromatic heterocycles. The maximum Gasteiger partial charge on any atom is 0.173 e. The molecule has 6 heteroatoms. The van der Waals surface area contributed by atoms with E-state index in [0.717, 1.165) is 30.6 Å². The number of hydrogen-bond donors (Lipinski definition) is 1. The highest BCUT2D eigenvalue weighted by atomic mass is 35.5. The van der Waals surface area contributed by atoms with Gasteiger partial charge in [0.2, 0.25) is 0 Å². The molecule has 0 atom stereocenters. The van der Waals surface area contributed by atoms with Gasteiger partial charge in [0.05, 0.1) is 0 Å². The van der Waals surface area contributed by atoms with E-state index in [1.165, 1.54) is 11.1 Å². The van der Waals surface area contributed by atoms with Crippen molar-refractivity contribution in [2.45, 2.75) is 46.1 Å². The van der Waals surface area contributed by atoms with Gasteiger partial charge in [-0.1, -0.05) is 41.9 Å². The summed E-state index contributed by atoms with van der Waals surface area (Å²) < 4.78 is 0. The van der Waals surface area contributed by atoms with Crippen LogP contribution < -0.4 is 10.4 Å². The largest absolute Gasteiger partial charge is 0.550 e. The first-order valence-corrected chi connectivity index (χ1v) is 11.2. The predicted octanol–water partition coefficient (Wildman–Crippen LogP) is 4.71. The molecule has 1 N–H and O–H groups in total. The Hall–Kier alpha value is -2.11. The summed E-state index contributed by atoms with van der Waals surface area (Å²) in [6.07, 6.45) is 3.11. The third-order valence-corrected chi connectivity index (χ3v) is 6.76. The lowest BCUT2D eigenvalue weighted by Crippen LogP contribution is -2.40. The average molecular weight is 444 g/mol. The molecule has 30 heavy (non-hydrogen) atoms. The molecule has 0 aliphatic heterocycles. The summed E-state index contributed by atoms with van der Waals surface area (Å²) in [5, 5.41) is 15.9. The minimum atomic E-state index is -0.918. The van der Waals surface area contributed by atoms with Gasteiger partial charge >= 0.3 is 0 Å². The van der Waals surface area contributed by atoms with Crippen molar-refractivity contribution in [2.24, 2.45) is 11.8 Å². The van der Waals surface area contributed by atoms with E-state index in [1.807, 2.05) is 37.3 Å². The lowest BCUT2D eigenvalue weighted by molar-refractivity contribution is -0.312. The highest BCUT2D eigenvalue weighted by Crippen LogP contribution is 2.30. The Labute approximate surface area is 189 Å². The molecule has 0 spiro atoms. The Morgan fingerprint density at radius 3 is 2.47 bits per heavy atom. The molecule has 160 valence electrons. The van der Waals surface area contributed by atoms with Gasteiger partial charge in [0.25, 0.3) is 0 Å². The van der Waals surface area contributed by atoms with Crippen LogP contribution in [0.3, 0.4) is 0 Å². The molecular weight excluding hydrogens is 416 g/mol. The molecule has 0 radical (unpaired) electrons. The van der Waals surface area contributed by atoms with Crippen LogP contribution in [0.15, 0.2) is 42.5 Å². The second-order valence-corrected chi connectivity index (χ2v) is 9.03. The van der Waals surface area contributed by atoms with Gasteiger partial charge in [0, 0.05) is 29.8 Å². The summed E-state index contributed by atoms with van der Waals surface area (Å²) in [5.74, 6) is -0.824. The number of anilines is 1. The highest BCUT2D eigenvalue weighted by molar-refractivity contribution is 7.80. The third kappa shape index (κ3) is 5.96. The maximum absolute atomic E-state index is 11.2. The van der Waals surface area contributed by atoms with Gasteiger partial charge in [-0.25, -0.2) is 0 Å². The minimum Gasteiger partial charge on any atom is -0.550 e. The summed E-state index contributed by atoms with van der Waals surface area (Å²) in [7, 11) is 0. The van der Waals surface area contributed by atoms with E-state index < -0.39 is 5.97 Å². The number of carbonyl (C=O) groups excluding carboxylic acids is 1. The van der Waals surface area contributed by atoms with Gasteiger partial charge < -0.3 is 20.1 Å². The summed E-state index contributed by atoms with van der Waals surface area (Å²) in [4.78, 5) is 13.4. The number of carboxylic acids is 1. The molecule has 3 rings (SSSR count). The number of nitrogens with one attached hydrogen (secondary N) is 1. The first-order valence-electron chi connectivity index (χ1n) is 10.4. The van der Waals surface area contributed by atoms with Crippen LogP contribution in [-0.4, -0.2) is 22.5 Å². The van der Waals surface area contributed by atoms with E-state index in [0.29, 0.717) is 35.4 Å². The molecule has 0 saturated heterocycles. The van der Waals surface area contributed by atoms with Crippen LogP contribution in [0.2, 0.25) is 5.02 Å². The first kappa shape index (κ1) is 22.6. The van der Waals surface area contributed by atoms with Crippen LogP contribution in [0.1, 0.15) is 42.4 Å². The van der Waals surface area contributed by atoms with Gasteiger partial charge in [-0.3, -0.25) is 0 Å². The van der Waals surface area contributed by atoms with Gasteiger partial charge in [0.15, 0.2) is 5.11 Å². The number of hydrogen-bond acceptors (Lipinski definition) is 3. The van der Waals surface area contributed by atoms with E-state index in [4.69, 9.17) is 23.8 Å². The van der Waals surface area contributed by atoms with E-state index in [1.54, 1.807) is 0 Å². The molecule has 1 aliphatic rings. The Morgan fingerprint density at radius 2 is 1.83 bits per heavy atom. The second kappa shape index (κ2) is 10.3. The average Bonchev–Trinajstić information content (AvgIpc) is 2.72. The quantitative estimate of drug-likeness (QED) is 0.655. The lowest BCUT2D eigenvalue weighted by atomic mass is 9.82. The molecule has 0 heterocycles. The van der Waals surface area contributed by atoms with Crippen molar-refractivity contribution in [2.75, 3.05) is 11.9 Å². The Kier molecular flexibility index (Phi) is 7.73. The maximum atomic E-state index is 11.2. The normalized spacial score (nSPS) is 18.6. The molecule has 0 unspecified atom stereocenters. The van der Waals surface area contributed by atoms with Crippen LogP contribution in [0, 0.1) is 25.7 Å². The van der Waals surface area contributed by atoms with Crippen molar-refractivity contribution in [1.82, 2.24) is 4.90 Å². The Morgan fingerprint density at radius 1 is 1.13 bits per heavy atom. The van der Waals surface area contributed by atoms with Crippen molar-refractivity contribution in [3.8, 4) is 0 Å². The number of halogens is 1. The molecule has 0 bridgehead atoms. The van der Waals surface area contributed by atoms with E-state index in [9.17, 15) is 9.90 Å². The van der Waals surface area contributed by atoms with E-state index in [2.05, 4.69) is 29.3 Å². The van der Waals surface area contributed by atoms with Crippen molar-refractivity contribution < 1.29 is 9.90 Å². The molecule has 1 saturated carbocycles.